The number of hydrogen-bond acceptors (Lipinski definition) is 7. The number of carbonyl (C=O) groups excluding carboxylic acids is 2. The smallest absolute Gasteiger partial charge is 0.320 e. The van der Waals surface area contributed by atoms with Crippen molar-refractivity contribution < 1.29 is 27.5 Å². The summed E-state index contributed by atoms with van der Waals surface area (Å²) in [5, 5.41) is 5.96. The molecule has 1 aromatic carbocycles. The van der Waals surface area contributed by atoms with Gasteiger partial charge in [0.1, 0.15) is 11.8 Å². The molecule has 26 heavy (non-hydrogen) atoms. The highest BCUT2D eigenvalue weighted by Gasteiger charge is 2.27. The van der Waals surface area contributed by atoms with Crippen molar-refractivity contribution in [1.82, 2.24) is 10.6 Å². The third-order valence-corrected chi connectivity index (χ3v) is 5.49. The second kappa shape index (κ2) is 9.11. The number of morpholine rings is 1. The van der Waals surface area contributed by atoms with Crippen LogP contribution >= 0.6 is 0 Å². The zero-order valence-electron chi connectivity index (χ0n) is 14.9. The van der Waals surface area contributed by atoms with Crippen LogP contribution in [0.4, 0.5) is 0 Å². The fourth-order valence-electron chi connectivity index (χ4n) is 2.62. The second-order valence-corrected chi connectivity index (χ2v) is 8.21. The van der Waals surface area contributed by atoms with Crippen molar-refractivity contribution >= 4 is 21.7 Å². The standard InChI is InChI=1S/C17H24N2O6S/c1-12-16(18-7-8-25-12)17(21)19-9-13-3-5-14(6-4-13)10-26(22,23)11-15(20)24-2/h3-6,12,16,18H,7-11H2,1-2H3,(H,19,21)/t12-,16+/m1/s1. The van der Waals surface area contributed by atoms with E-state index in [1.54, 1.807) is 24.3 Å². The summed E-state index contributed by atoms with van der Waals surface area (Å²) in [5.74, 6) is -1.80. The zero-order chi connectivity index (χ0) is 19.2. The summed E-state index contributed by atoms with van der Waals surface area (Å²) in [6.07, 6.45) is -0.189. The molecule has 0 saturated carbocycles. The molecular weight excluding hydrogens is 360 g/mol. The van der Waals surface area contributed by atoms with Gasteiger partial charge in [-0.2, -0.15) is 0 Å². The van der Waals surface area contributed by atoms with E-state index in [1.807, 2.05) is 6.92 Å². The third kappa shape index (κ3) is 6.08. The van der Waals surface area contributed by atoms with Gasteiger partial charge in [0, 0.05) is 13.1 Å². The van der Waals surface area contributed by atoms with Gasteiger partial charge in [-0.25, -0.2) is 8.42 Å². The number of methoxy groups -OCH3 is 1. The fourth-order valence-corrected chi connectivity index (χ4v) is 3.90. The lowest BCUT2D eigenvalue weighted by Gasteiger charge is -2.29. The molecule has 2 rings (SSSR count). The first-order valence-corrected chi connectivity index (χ1v) is 10.1. The van der Waals surface area contributed by atoms with Gasteiger partial charge in [0.05, 0.1) is 25.6 Å². The van der Waals surface area contributed by atoms with E-state index >= 15 is 0 Å². The molecule has 0 bridgehead atoms. The van der Waals surface area contributed by atoms with Gasteiger partial charge in [-0.3, -0.25) is 9.59 Å². The van der Waals surface area contributed by atoms with E-state index in [4.69, 9.17) is 4.74 Å². The zero-order valence-corrected chi connectivity index (χ0v) is 15.7. The summed E-state index contributed by atoms with van der Waals surface area (Å²) in [4.78, 5) is 23.3. The molecule has 9 heteroatoms. The Morgan fingerprint density at radius 3 is 2.54 bits per heavy atom. The van der Waals surface area contributed by atoms with E-state index in [1.165, 1.54) is 0 Å². The van der Waals surface area contributed by atoms with Gasteiger partial charge < -0.3 is 20.1 Å². The predicted molar refractivity (Wildman–Crippen MR) is 95.0 cm³/mol. The number of ether oxygens (including phenoxy) is 2. The minimum absolute atomic E-state index is 0.137. The Balaban J connectivity index is 1.87. The van der Waals surface area contributed by atoms with Gasteiger partial charge in [0.2, 0.25) is 5.91 Å². The van der Waals surface area contributed by atoms with E-state index in [2.05, 4.69) is 15.4 Å². The maximum atomic E-state index is 12.2. The van der Waals surface area contributed by atoms with Gasteiger partial charge in [0.15, 0.2) is 9.84 Å². The van der Waals surface area contributed by atoms with E-state index in [0.717, 1.165) is 12.7 Å². The van der Waals surface area contributed by atoms with Crippen LogP contribution in [0.25, 0.3) is 0 Å². The van der Waals surface area contributed by atoms with Crippen molar-refractivity contribution in [2.45, 2.75) is 31.4 Å². The lowest BCUT2D eigenvalue weighted by molar-refractivity contribution is -0.137. The van der Waals surface area contributed by atoms with Crippen LogP contribution in [0.3, 0.4) is 0 Å². The molecule has 144 valence electrons. The van der Waals surface area contributed by atoms with Crippen LogP contribution in [0.15, 0.2) is 24.3 Å². The number of esters is 1. The molecule has 1 saturated heterocycles. The van der Waals surface area contributed by atoms with Gasteiger partial charge in [-0.05, 0) is 18.1 Å². The Bertz CT molecular complexity index is 732. The normalized spacial score (nSPS) is 20.4. The summed E-state index contributed by atoms with van der Waals surface area (Å²) >= 11 is 0. The van der Waals surface area contributed by atoms with Crippen LogP contribution in [-0.2, 0) is 41.2 Å². The maximum Gasteiger partial charge on any atom is 0.320 e. The average molecular weight is 384 g/mol. The molecule has 0 spiro atoms. The summed E-state index contributed by atoms with van der Waals surface area (Å²) in [6.45, 7) is 3.40. The van der Waals surface area contributed by atoms with E-state index in [0.29, 0.717) is 25.3 Å². The quantitative estimate of drug-likeness (QED) is 0.625. The largest absolute Gasteiger partial charge is 0.468 e. The number of rotatable bonds is 7. The van der Waals surface area contributed by atoms with Gasteiger partial charge >= 0.3 is 5.97 Å². The Hall–Kier alpha value is -1.97. The summed E-state index contributed by atoms with van der Waals surface area (Å²) in [6, 6.07) is 6.45. The summed E-state index contributed by atoms with van der Waals surface area (Å²) in [5.41, 5.74) is 1.41. The molecular formula is C17H24N2O6S. The average Bonchev–Trinajstić information content (AvgIpc) is 2.60. The minimum Gasteiger partial charge on any atom is -0.468 e. The lowest BCUT2D eigenvalue weighted by Crippen LogP contribution is -2.55. The van der Waals surface area contributed by atoms with Crippen LogP contribution in [-0.4, -0.2) is 58.5 Å². The summed E-state index contributed by atoms with van der Waals surface area (Å²) < 4.78 is 33.6. The lowest BCUT2D eigenvalue weighted by atomic mass is 10.1. The number of hydrogen-bond donors (Lipinski definition) is 2. The van der Waals surface area contributed by atoms with Gasteiger partial charge in [0.25, 0.3) is 0 Å². The number of benzene rings is 1. The first-order valence-electron chi connectivity index (χ1n) is 8.28. The highest BCUT2D eigenvalue weighted by atomic mass is 32.2. The van der Waals surface area contributed by atoms with E-state index in [9.17, 15) is 18.0 Å². The number of carbonyl (C=O) groups is 2. The SMILES string of the molecule is COC(=O)CS(=O)(=O)Cc1ccc(CNC(=O)[C@H]2NCCO[C@@H]2C)cc1. The Labute approximate surface area is 153 Å². The third-order valence-electron chi connectivity index (χ3n) is 4.04. The van der Waals surface area contributed by atoms with Crippen molar-refractivity contribution in [3.05, 3.63) is 35.4 Å². The predicted octanol–water partition coefficient (Wildman–Crippen LogP) is -0.232. The minimum atomic E-state index is -3.57. The summed E-state index contributed by atoms with van der Waals surface area (Å²) in [7, 11) is -2.42. The van der Waals surface area contributed by atoms with Gasteiger partial charge in [-0.15, -0.1) is 0 Å². The Morgan fingerprint density at radius 1 is 1.27 bits per heavy atom. The van der Waals surface area contributed by atoms with Crippen molar-refractivity contribution in [2.75, 3.05) is 26.0 Å². The topological polar surface area (TPSA) is 111 Å². The van der Waals surface area contributed by atoms with Crippen molar-refractivity contribution in [3.8, 4) is 0 Å². The van der Waals surface area contributed by atoms with E-state index < -0.39 is 21.6 Å². The molecule has 0 aliphatic carbocycles. The van der Waals surface area contributed by atoms with Crippen molar-refractivity contribution in [2.24, 2.45) is 0 Å². The maximum absolute atomic E-state index is 12.2. The molecule has 2 N–H and O–H groups in total. The van der Waals surface area contributed by atoms with Crippen molar-refractivity contribution in [1.29, 1.82) is 0 Å². The first-order chi connectivity index (χ1) is 12.3. The molecule has 1 aliphatic rings. The van der Waals surface area contributed by atoms with Gasteiger partial charge in [-0.1, -0.05) is 24.3 Å². The highest BCUT2D eigenvalue weighted by molar-refractivity contribution is 7.91. The van der Waals surface area contributed by atoms with Crippen LogP contribution in [0.1, 0.15) is 18.1 Å². The molecule has 0 aromatic heterocycles. The van der Waals surface area contributed by atoms with Crippen LogP contribution in [0.5, 0.6) is 0 Å². The molecule has 2 atom stereocenters. The number of amides is 1. The number of nitrogens with one attached hydrogen (secondary N) is 2. The van der Waals surface area contributed by atoms with Crippen LogP contribution in [0.2, 0.25) is 0 Å². The molecule has 8 nitrogen and oxygen atoms in total. The number of sulfone groups is 1. The molecule has 1 amide bonds. The molecule has 1 fully saturated rings. The molecule has 1 heterocycles. The Kier molecular flexibility index (Phi) is 7.13. The fraction of sp³-hybridized carbons (Fsp3) is 0.529. The Morgan fingerprint density at radius 2 is 1.92 bits per heavy atom. The second-order valence-electron chi connectivity index (χ2n) is 6.15. The molecule has 0 unspecified atom stereocenters. The molecule has 1 aliphatic heterocycles. The van der Waals surface area contributed by atoms with E-state index in [-0.39, 0.29) is 23.8 Å². The van der Waals surface area contributed by atoms with Crippen LogP contribution in [0, 0.1) is 0 Å². The van der Waals surface area contributed by atoms with Crippen molar-refractivity contribution in [3.63, 3.8) is 0 Å². The highest BCUT2D eigenvalue weighted by Crippen LogP contribution is 2.10. The monoisotopic (exact) mass is 384 g/mol. The van der Waals surface area contributed by atoms with Crippen LogP contribution < -0.4 is 10.6 Å². The molecule has 1 aromatic rings. The molecule has 0 radical (unpaired) electrons. The first kappa shape index (κ1) is 20.3.